The molecule has 0 saturated heterocycles. The van der Waals surface area contributed by atoms with Gasteiger partial charge in [0.25, 0.3) is 0 Å². The van der Waals surface area contributed by atoms with Gasteiger partial charge in [0.15, 0.2) is 0 Å². The van der Waals surface area contributed by atoms with E-state index in [-0.39, 0.29) is 6.04 Å². The molecule has 0 heterocycles. The van der Waals surface area contributed by atoms with Crippen LogP contribution < -0.4 is 10.1 Å². The van der Waals surface area contributed by atoms with Crippen molar-refractivity contribution in [2.75, 3.05) is 12.4 Å². The molecule has 1 atom stereocenters. The van der Waals surface area contributed by atoms with Crippen LogP contribution in [0, 0.1) is 11.8 Å². The van der Waals surface area contributed by atoms with Crippen molar-refractivity contribution in [2.45, 2.75) is 52.0 Å². The van der Waals surface area contributed by atoms with Gasteiger partial charge in [0.05, 0.1) is 18.8 Å². The van der Waals surface area contributed by atoms with Gasteiger partial charge in [0, 0.05) is 6.42 Å². The first kappa shape index (κ1) is 15.4. The van der Waals surface area contributed by atoms with Gasteiger partial charge in [-0.25, -0.2) is 0 Å². The number of unbranched alkanes of at least 4 members (excludes halogenated alkanes) is 3. The van der Waals surface area contributed by atoms with Gasteiger partial charge in [0.2, 0.25) is 0 Å². The van der Waals surface area contributed by atoms with Crippen LogP contribution in [0.2, 0.25) is 0 Å². The quantitative estimate of drug-likeness (QED) is 0.576. The maximum absolute atomic E-state index is 5.34. The average molecular weight is 259 g/mol. The summed E-state index contributed by atoms with van der Waals surface area (Å²) in [5.74, 6) is 7.46. The largest absolute Gasteiger partial charge is 0.495 e. The van der Waals surface area contributed by atoms with Gasteiger partial charge in [-0.2, -0.15) is 0 Å². The molecule has 1 aromatic rings. The number of hydrogen-bond acceptors (Lipinski definition) is 2. The molecule has 104 valence electrons. The summed E-state index contributed by atoms with van der Waals surface area (Å²) in [5, 5.41) is 3.44. The first-order valence-electron chi connectivity index (χ1n) is 7.19. The minimum atomic E-state index is 0.193. The molecule has 0 aromatic heterocycles. The Morgan fingerprint density at radius 3 is 2.68 bits per heavy atom. The molecular weight excluding hydrogens is 234 g/mol. The summed E-state index contributed by atoms with van der Waals surface area (Å²) in [6, 6.07) is 8.16. The molecule has 0 saturated carbocycles. The maximum Gasteiger partial charge on any atom is 0.141 e. The number of rotatable bonds is 7. The van der Waals surface area contributed by atoms with E-state index in [2.05, 4.69) is 31.0 Å². The normalized spacial score (nSPS) is 11.3. The summed E-state index contributed by atoms with van der Waals surface area (Å²) >= 11 is 0. The third kappa shape index (κ3) is 5.70. The molecule has 0 spiro atoms. The topological polar surface area (TPSA) is 21.3 Å². The van der Waals surface area contributed by atoms with Crippen molar-refractivity contribution >= 4 is 5.69 Å². The van der Waals surface area contributed by atoms with Gasteiger partial charge in [-0.05, 0) is 25.0 Å². The Labute approximate surface area is 117 Å². The van der Waals surface area contributed by atoms with Gasteiger partial charge in [-0.3, -0.25) is 0 Å². The van der Waals surface area contributed by atoms with Crippen LogP contribution in [-0.2, 0) is 0 Å². The number of hydrogen-bond donors (Lipinski definition) is 1. The Balaban J connectivity index is 2.56. The predicted octanol–water partition coefficient (Wildman–Crippen LogP) is 4.47. The SMILES string of the molecule is CCCCCC#C[C@H](CC)Nc1ccccc1OC. The highest BCUT2D eigenvalue weighted by molar-refractivity contribution is 5.57. The molecule has 0 unspecified atom stereocenters. The number of nitrogens with one attached hydrogen (secondary N) is 1. The fraction of sp³-hybridized carbons (Fsp3) is 0.529. The zero-order valence-corrected chi connectivity index (χ0v) is 12.3. The molecule has 2 nitrogen and oxygen atoms in total. The van der Waals surface area contributed by atoms with Crippen LogP contribution in [-0.4, -0.2) is 13.2 Å². The Hall–Kier alpha value is -1.62. The molecule has 0 aliphatic carbocycles. The van der Waals surface area contributed by atoms with Crippen LogP contribution in [0.25, 0.3) is 0 Å². The summed E-state index contributed by atoms with van der Waals surface area (Å²) < 4.78 is 5.34. The van der Waals surface area contributed by atoms with E-state index in [0.717, 1.165) is 24.3 Å². The number of methoxy groups -OCH3 is 1. The number of ether oxygens (including phenoxy) is 1. The van der Waals surface area contributed by atoms with E-state index < -0.39 is 0 Å². The molecule has 0 radical (unpaired) electrons. The highest BCUT2D eigenvalue weighted by Gasteiger charge is 2.05. The Morgan fingerprint density at radius 1 is 1.21 bits per heavy atom. The summed E-state index contributed by atoms with van der Waals surface area (Å²) in [5.41, 5.74) is 1.01. The van der Waals surface area contributed by atoms with Crippen molar-refractivity contribution in [3.8, 4) is 17.6 Å². The van der Waals surface area contributed by atoms with Crippen molar-refractivity contribution in [3.05, 3.63) is 24.3 Å². The van der Waals surface area contributed by atoms with Gasteiger partial charge >= 0.3 is 0 Å². The van der Waals surface area contributed by atoms with Gasteiger partial charge in [-0.1, -0.05) is 44.7 Å². The third-order valence-corrected chi connectivity index (χ3v) is 3.03. The maximum atomic E-state index is 5.34. The average Bonchev–Trinajstić information content (AvgIpc) is 2.46. The predicted molar refractivity (Wildman–Crippen MR) is 82.6 cm³/mol. The van der Waals surface area contributed by atoms with E-state index in [1.807, 2.05) is 24.3 Å². The lowest BCUT2D eigenvalue weighted by molar-refractivity contribution is 0.416. The molecule has 1 aromatic carbocycles. The molecule has 0 aliphatic rings. The fourth-order valence-electron chi connectivity index (χ4n) is 1.85. The van der Waals surface area contributed by atoms with Crippen molar-refractivity contribution in [1.29, 1.82) is 0 Å². The molecule has 0 aliphatic heterocycles. The molecule has 1 N–H and O–H groups in total. The molecule has 2 heteroatoms. The van der Waals surface area contributed by atoms with Crippen molar-refractivity contribution in [2.24, 2.45) is 0 Å². The molecule has 0 fully saturated rings. The second-order valence-corrected chi connectivity index (χ2v) is 4.58. The Bertz CT molecular complexity index is 417. The van der Waals surface area contributed by atoms with E-state index in [1.54, 1.807) is 7.11 Å². The summed E-state index contributed by atoms with van der Waals surface area (Å²) in [4.78, 5) is 0. The smallest absolute Gasteiger partial charge is 0.141 e. The molecular formula is C17H25NO. The lowest BCUT2D eigenvalue weighted by Crippen LogP contribution is -2.16. The van der Waals surface area contributed by atoms with E-state index in [9.17, 15) is 0 Å². The van der Waals surface area contributed by atoms with Crippen LogP contribution in [0.5, 0.6) is 5.75 Å². The Morgan fingerprint density at radius 2 is 2.00 bits per heavy atom. The number of para-hydroxylation sites is 2. The summed E-state index contributed by atoms with van der Waals surface area (Å²) in [7, 11) is 1.69. The zero-order valence-electron chi connectivity index (χ0n) is 12.3. The van der Waals surface area contributed by atoms with Gasteiger partial charge in [-0.15, -0.1) is 5.92 Å². The van der Waals surface area contributed by atoms with E-state index in [4.69, 9.17) is 4.74 Å². The zero-order chi connectivity index (χ0) is 13.9. The molecule has 19 heavy (non-hydrogen) atoms. The van der Waals surface area contributed by atoms with Crippen molar-refractivity contribution in [1.82, 2.24) is 0 Å². The fourth-order valence-corrected chi connectivity index (χ4v) is 1.85. The minimum absolute atomic E-state index is 0.193. The third-order valence-electron chi connectivity index (χ3n) is 3.03. The number of anilines is 1. The van der Waals surface area contributed by atoms with Crippen LogP contribution in [0.15, 0.2) is 24.3 Å². The highest BCUT2D eigenvalue weighted by atomic mass is 16.5. The van der Waals surface area contributed by atoms with Crippen molar-refractivity contribution in [3.63, 3.8) is 0 Å². The molecule has 1 rings (SSSR count). The molecule has 0 amide bonds. The van der Waals surface area contributed by atoms with E-state index in [1.165, 1.54) is 19.3 Å². The first-order chi connectivity index (χ1) is 9.31. The van der Waals surface area contributed by atoms with Crippen LogP contribution in [0.4, 0.5) is 5.69 Å². The minimum Gasteiger partial charge on any atom is -0.495 e. The number of benzene rings is 1. The van der Waals surface area contributed by atoms with Crippen LogP contribution >= 0.6 is 0 Å². The molecule has 0 bridgehead atoms. The van der Waals surface area contributed by atoms with Gasteiger partial charge in [0.1, 0.15) is 5.75 Å². The second kappa shape index (κ2) is 9.33. The van der Waals surface area contributed by atoms with E-state index >= 15 is 0 Å². The van der Waals surface area contributed by atoms with Crippen molar-refractivity contribution < 1.29 is 4.74 Å². The van der Waals surface area contributed by atoms with Crippen LogP contribution in [0.1, 0.15) is 46.0 Å². The second-order valence-electron chi connectivity index (χ2n) is 4.58. The van der Waals surface area contributed by atoms with Gasteiger partial charge < -0.3 is 10.1 Å². The Kier molecular flexibility index (Phi) is 7.58. The monoisotopic (exact) mass is 259 g/mol. The van der Waals surface area contributed by atoms with E-state index in [0.29, 0.717) is 0 Å². The first-order valence-corrected chi connectivity index (χ1v) is 7.19. The summed E-state index contributed by atoms with van der Waals surface area (Å²) in [6.45, 7) is 4.36. The van der Waals surface area contributed by atoms with Crippen LogP contribution in [0.3, 0.4) is 0 Å². The standard InChI is InChI=1S/C17H25NO/c1-4-6-7-8-9-12-15(5-2)18-16-13-10-11-14-17(16)19-3/h10-11,13-15,18H,4-8H2,1-3H3/t15-/m0/s1. The lowest BCUT2D eigenvalue weighted by Gasteiger charge is -2.15. The lowest BCUT2D eigenvalue weighted by atomic mass is 10.1. The summed E-state index contributed by atoms with van der Waals surface area (Å²) in [6.07, 6.45) is 5.70. The highest BCUT2D eigenvalue weighted by Crippen LogP contribution is 2.24.